The first kappa shape index (κ1) is 36.9. The molecule has 0 saturated heterocycles. The summed E-state index contributed by atoms with van der Waals surface area (Å²) in [4.78, 5) is 51.2. The molecule has 0 N–H and O–H groups in total. The van der Waals surface area contributed by atoms with Gasteiger partial charge in [0.25, 0.3) is 0 Å². The minimum absolute atomic E-state index is 0.00642. The summed E-state index contributed by atoms with van der Waals surface area (Å²) in [5.74, 6) is -0.195. The van der Waals surface area contributed by atoms with E-state index in [4.69, 9.17) is 23.7 Å². The lowest BCUT2D eigenvalue weighted by Gasteiger charge is -2.71. The first-order valence-corrected chi connectivity index (χ1v) is 18.3. The van der Waals surface area contributed by atoms with E-state index in [1.54, 1.807) is 0 Å². The Morgan fingerprint density at radius 3 is 2.15 bits per heavy atom. The Hall–Kier alpha value is -2.42. The first-order valence-electron chi connectivity index (χ1n) is 18.3. The zero-order chi connectivity index (χ0) is 35.4. The predicted molar refractivity (Wildman–Crippen MR) is 179 cm³/mol. The van der Waals surface area contributed by atoms with Gasteiger partial charge in [0.1, 0.15) is 18.8 Å². The number of carbonyl (C=O) groups excluding carboxylic acids is 4. The minimum Gasteiger partial charge on any atom is -0.465 e. The van der Waals surface area contributed by atoms with E-state index in [0.29, 0.717) is 24.9 Å². The first-order chi connectivity index (χ1) is 22.4. The zero-order valence-corrected chi connectivity index (χ0v) is 31.1. The van der Waals surface area contributed by atoms with E-state index in [2.05, 4.69) is 40.7 Å². The summed E-state index contributed by atoms with van der Waals surface area (Å²) in [6, 6.07) is 0. The Morgan fingerprint density at radius 1 is 0.833 bits per heavy atom. The Morgan fingerprint density at radius 2 is 1.52 bits per heavy atom. The molecular formula is C39H60O9. The van der Waals surface area contributed by atoms with Crippen molar-refractivity contribution in [1.29, 1.82) is 0 Å². The lowest BCUT2D eigenvalue weighted by molar-refractivity contribution is -0.256. The molecule has 4 saturated carbocycles. The van der Waals surface area contributed by atoms with Crippen molar-refractivity contribution in [1.82, 2.24) is 0 Å². The standard InChI is InChI=1S/C39H60O9/c1-11-44-22-46-34(43)39-17-14-23(2)24(3)32(39)28-12-13-31-35(7)20-29(47-26(5)41)33(48-27(6)42)36(8,21-45-25(4)40)30(35)15-16-38(31,10)37(28,9)18-19-39/h12,23-24,29-33H,11,13-22H2,1-10H3/t23-,24+,29-,30?,31?,32?,33+,35+,36+,37-,38-,39+/m1/s1. The average Bonchev–Trinajstić information content (AvgIpc) is 3.00. The number of carbonyl (C=O) groups is 4. The van der Waals surface area contributed by atoms with Gasteiger partial charge < -0.3 is 23.7 Å². The molecule has 0 aliphatic heterocycles. The Bertz CT molecular complexity index is 1320. The fraction of sp³-hybridized carbons (Fsp3) is 0.846. The molecule has 48 heavy (non-hydrogen) atoms. The number of hydrogen-bond acceptors (Lipinski definition) is 9. The monoisotopic (exact) mass is 672 g/mol. The van der Waals surface area contributed by atoms with Crippen LogP contribution in [0.25, 0.3) is 0 Å². The summed E-state index contributed by atoms with van der Waals surface area (Å²) in [6.07, 6.45) is 7.76. The van der Waals surface area contributed by atoms with E-state index >= 15 is 0 Å². The van der Waals surface area contributed by atoms with Gasteiger partial charge in [0.15, 0.2) is 6.79 Å². The molecule has 0 amide bonds. The molecule has 0 radical (unpaired) electrons. The van der Waals surface area contributed by atoms with Crippen LogP contribution >= 0.6 is 0 Å². The van der Waals surface area contributed by atoms with E-state index in [1.165, 1.54) is 26.3 Å². The van der Waals surface area contributed by atoms with Crippen LogP contribution < -0.4 is 0 Å². The highest BCUT2D eigenvalue weighted by molar-refractivity contribution is 5.79. The van der Waals surface area contributed by atoms with Gasteiger partial charge >= 0.3 is 23.9 Å². The van der Waals surface area contributed by atoms with Crippen LogP contribution in [0, 0.1) is 56.7 Å². The lowest BCUT2D eigenvalue weighted by atomic mass is 9.33. The summed E-state index contributed by atoms with van der Waals surface area (Å²) >= 11 is 0. The van der Waals surface area contributed by atoms with E-state index in [-0.39, 0.29) is 53.4 Å². The maximum Gasteiger partial charge on any atom is 0.314 e. The molecular weight excluding hydrogens is 612 g/mol. The molecule has 0 aromatic rings. The van der Waals surface area contributed by atoms with Gasteiger partial charge in [-0.05, 0) is 104 Å². The molecule has 5 aliphatic carbocycles. The summed E-state index contributed by atoms with van der Waals surface area (Å²) < 4.78 is 29.0. The number of allylic oxidation sites excluding steroid dienone is 2. The Kier molecular flexibility index (Phi) is 10.0. The molecule has 9 heteroatoms. The second-order valence-corrected chi connectivity index (χ2v) is 17.0. The second kappa shape index (κ2) is 13.0. The summed E-state index contributed by atoms with van der Waals surface area (Å²) in [7, 11) is 0. The molecule has 12 atom stereocenters. The Balaban J connectivity index is 1.60. The van der Waals surface area contributed by atoms with Gasteiger partial charge in [0.05, 0.1) is 5.41 Å². The number of ether oxygens (including phenoxy) is 5. The number of hydrogen-bond donors (Lipinski definition) is 0. The van der Waals surface area contributed by atoms with Crippen LogP contribution in [-0.4, -0.2) is 56.1 Å². The summed E-state index contributed by atoms with van der Waals surface area (Å²) in [6.45, 7) is 20.6. The van der Waals surface area contributed by atoms with Crippen molar-refractivity contribution < 1.29 is 42.9 Å². The molecule has 5 aliphatic rings. The molecule has 270 valence electrons. The third-order valence-electron chi connectivity index (χ3n) is 14.8. The molecule has 0 heterocycles. The van der Waals surface area contributed by atoms with Gasteiger partial charge in [0, 0.05) is 32.8 Å². The lowest BCUT2D eigenvalue weighted by Crippen LogP contribution is -2.69. The van der Waals surface area contributed by atoms with Crippen molar-refractivity contribution in [3.8, 4) is 0 Å². The third-order valence-corrected chi connectivity index (χ3v) is 14.8. The average molecular weight is 673 g/mol. The SMILES string of the molecule is CCOCOC(=O)[C@]12CC[C@@H](C)[C@H](C)C1C1=CCC3[C@@]4(C)C[C@@H](OC(C)=O)[C@H](OC(C)=O)[C@@](C)(COC(C)=O)C4CC[C@@]3(C)[C@]1(C)CC2. The number of rotatable bonds is 8. The second-order valence-electron chi connectivity index (χ2n) is 17.0. The van der Waals surface area contributed by atoms with Crippen LogP contribution in [0.4, 0.5) is 0 Å². The van der Waals surface area contributed by atoms with E-state index in [1.807, 2.05) is 13.8 Å². The van der Waals surface area contributed by atoms with E-state index in [9.17, 15) is 19.2 Å². The van der Waals surface area contributed by atoms with Crippen molar-refractivity contribution in [2.45, 2.75) is 133 Å². The number of fused-ring (bicyclic) bond motifs is 7. The quantitative estimate of drug-likeness (QED) is 0.0868. The fourth-order valence-corrected chi connectivity index (χ4v) is 12.2. The summed E-state index contributed by atoms with van der Waals surface area (Å²) in [5, 5.41) is 0. The van der Waals surface area contributed by atoms with Crippen LogP contribution in [0.2, 0.25) is 0 Å². The van der Waals surface area contributed by atoms with Crippen molar-refractivity contribution in [2.24, 2.45) is 56.7 Å². The van der Waals surface area contributed by atoms with Crippen molar-refractivity contribution in [3.63, 3.8) is 0 Å². The minimum atomic E-state index is -0.768. The Labute approximate surface area is 287 Å². The van der Waals surface area contributed by atoms with Gasteiger partial charge in [0.2, 0.25) is 0 Å². The molecule has 0 bridgehead atoms. The molecule has 0 aromatic carbocycles. The smallest absolute Gasteiger partial charge is 0.314 e. The maximum atomic E-state index is 14.0. The molecule has 9 nitrogen and oxygen atoms in total. The summed E-state index contributed by atoms with van der Waals surface area (Å²) in [5.41, 5.74) is -0.476. The molecule has 5 rings (SSSR count). The zero-order valence-electron chi connectivity index (χ0n) is 31.1. The van der Waals surface area contributed by atoms with Gasteiger partial charge in [-0.3, -0.25) is 19.2 Å². The maximum absolute atomic E-state index is 14.0. The number of esters is 4. The van der Waals surface area contributed by atoms with Crippen molar-refractivity contribution in [2.75, 3.05) is 20.0 Å². The van der Waals surface area contributed by atoms with E-state index in [0.717, 1.165) is 44.9 Å². The van der Waals surface area contributed by atoms with Crippen LogP contribution in [-0.2, 0) is 42.9 Å². The van der Waals surface area contributed by atoms with Gasteiger partial charge in [-0.25, -0.2) is 0 Å². The van der Waals surface area contributed by atoms with Gasteiger partial charge in [-0.2, -0.15) is 0 Å². The topological polar surface area (TPSA) is 114 Å². The van der Waals surface area contributed by atoms with Crippen LogP contribution in [0.3, 0.4) is 0 Å². The highest BCUT2D eigenvalue weighted by Gasteiger charge is 2.72. The highest BCUT2D eigenvalue weighted by Crippen LogP contribution is 2.76. The van der Waals surface area contributed by atoms with Crippen LogP contribution in [0.5, 0.6) is 0 Å². The molecule has 0 spiro atoms. The molecule has 4 fully saturated rings. The fourth-order valence-electron chi connectivity index (χ4n) is 12.2. The predicted octanol–water partition coefficient (Wildman–Crippen LogP) is 7.20. The largest absolute Gasteiger partial charge is 0.465 e. The van der Waals surface area contributed by atoms with E-state index < -0.39 is 40.9 Å². The molecule has 3 unspecified atom stereocenters. The van der Waals surface area contributed by atoms with Crippen LogP contribution in [0.15, 0.2) is 11.6 Å². The van der Waals surface area contributed by atoms with Crippen molar-refractivity contribution in [3.05, 3.63) is 11.6 Å². The molecule has 0 aromatic heterocycles. The normalized spacial score (nSPS) is 44.8. The van der Waals surface area contributed by atoms with Gasteiger partial charge in [-0.1, -0.05) is 53.2 Å². The highest BCUT2D eigenvalue weighted by atomic mass is 16.7. The third kappa shape index (κ3) is 5.62. The van der Waals surface area contributed by atoms with Crippen molar-refractivity contribution >= 4 is 23.9 Å². The van der Waals surface area contributed by atoms with Crippen LogP contribution in [0.1, 0.15) is 121 Å². The van der Waals surface area contributed by atoms with Gasteiger partial charge in [-0.15, -0.1) is 0 Å².